The molecule has 0 aliphatic carbocycles. The maximum absolute atomic E-state index is 12.9. The van der Waals surface area contributed by atoms with Crippen molar-refractivity contribution in [2.45, 2.75) is 12.2 Å². The Hall–Kier alpha value is -1.07. The molecule has 0 aliphatic rings. The summed E-state index contributed by atoms with van der Waals surface area (Å²) in [6, 6.07) is 2.87. The van der Waals surface area contributed by atoms with E-state index in [4.69, 9.17) is 9.47 Å². The number of hydrogen-bond acceptors (Lipinski definition) is 8. The molecule has 0 spiro atoms. The third-order valence-corrected chi connectivity index (χ3v) is 5.08. The Kier molecular flexibility index (Phi) is 8.36. The van der Waals surface area contributed by atoms with E-state index in [0.717, 1.165) is 0 Å². The summed E-state index contributed by atoms with van der Waals surface area (Å²) in [5, 5.41) is -4.74. The van der Waals surface area contributed by atoms with E-state index in [1.165, 1.54) is 19.1 Å². The second kappa shape index (κ2) is 9.42. The number of carbonyl (C=O) groups excluding carboxylic acids is 2. The summed E-state index contributed by atoms with van der Waals surface area (Å²) < 4.78 is 71.9. The topological polar surface area (TPSA) is 119 Å². The average molecular weight is 631 g/mol. The molecule has 0 fully saturated rings. The lowest BCUT2D eigenvalue weighted by Crippen LogP contribution is -2.35. The molecule has 1 aromatic carbocycles. The number of esters is 2. The zero-order valence-corrected chi connectivity index (χ0v) is 18.6. The van der Waals surface area contributed by atoms with Gasteiger partial charge in [-0.1, -0.05) is 6.58 Å². The molecule has 0 N–H and O–H groups in total. The maximum Gasteiger partial charge on any atom is 0.367 e. The van der Waals surface area contributed by atoms with Crippen LogP contribution in [0.5, 0.6) is 11.5 Å². The molecular formula is C14H11F2I2O8S-. The molecular weight excluding hydrogens is 620 g/mol. The molecule has 0 aliphatic heterocycles. The zero-order valence-electron chi connectivity index (χ0n) is 13.5. The van der Waals surface area contributed by atoms with Crippen molar-refractivity contribution in [3.63, 3.8) is 0 Å². The predicted octanol–water partition coefficient (Wildman–Crippen LogP) is 2.44. The third kappa shape index (κ3) is 7.11. The van der Waals surface area contributed by atoms with E-state index in [2.05, 4.69) is 11.3 Å². The molecule has 0 unspecified atom stereocenters. The number of rotatable bonds is 8. The SMILES string of the molecule is C=C(C)C(=O)Oc1cc(I)c(OCC(=O)OCC(F)(F)S(=O)(=O)[O-])c(I)c1. The van der Waals surface area contributed by atoms with Gasteiger partial charge in [-0.05, 0) is 64.2 Å². The standard InChI is InChI=1S/C14H12F2I2O8S/c1-7(2)13(20)26-8-3-9(17)12(10(18)4-8)24-5-11(19)25-6-14(15,16)27(21,22)23/h3-4H,1,5-6H2,2H3,(H,21,22,23)/p-1. The Balaban J connectivity index is 2.73. The fourth-order valence-electron chi connectivity index (χ4n) is 1.34. The first kappa shape index (κ1) is 24.0. The molecule has 0 saturated carbocycles. The van der Waals surface area contributed by atoms with E-state index in [-0.39, 0.29) is 17.1 Å². The van der Waals surface area contributed by atoms with Gasteiger partial charge in [0, 0.05) is 5.57 Å². The number of ether oxygens (including phenoxy) is 3. The van der Waals surface area contributed by atoms with Crippen molar-refractivity contribution in [1.29, 1.82) is 0 Å². The summed E-state index contributed by atoms with van der Waals surface area (Å²) in [4.78, 5) is 23.0. The van der Waals surface area contributed by atoms with Gasteiger partial charge in [0.25, 0.3) is 0 Å². The number of benzene rings is 1. The molecule has 13 heteroatoms. The number of halogens is 4. The molecule has 0 aromatic heterocycles. The Morgan fingerprint density at radius 3 is 2.22 bits per heavy atom. The molecule has 1 aromatic rings. The van der Waals surface area contributed by atoms with Crippen molar-refractivity contribution in [3.05, 3.63) is 31.4 Å². The summed E-state index contributed by atoms with van der Waals surface area (Å²) in [6.07, 6.45) is 0. The van der Waals surface area contributed by atoms with Crippen LogP contribution in [-0.4, -0.2) is 43.4 Å². The quantitative estimate of drug-likeness (QED) is 0.141. The van der Waals surface area contributed by atoms with Crippen molar-refractivity contribution >= 4 is 67.2 Å². The van der Waals surface area contributed by atoms with E-state index in [1.54, 1.807) is 0 Å². The first-order valence-corrected chi connectivity index (χ1v) is 10.3. The Bertz CT molecular complexity index is 847. The van der Waals surface area contributed by atoms with Gasteiger partial charge in [0.15, 0.2) is 23.3 Å². The first-order valence-electron chi connectivity index (χ1n) is 6.73. The number of hydrogen-bond donors (Lipinski definition) is 0. The predicted molar refractivity (Wildman–Crippen MR) is 103 cm³/mol. The van der Waals surface area contributed by atoms with Gasteiger partial charge in [0.2, 0.25) is 0 Å². The Labute approximate surface area is 180 Å². The van der Waals surface area contributed by atoms with E-state index >= 15 is 0 Å². The highest BCUT2D eigenvalue weighted by Crippen LogP contribution is 2.32. The molecule has 0 heterocycles. The van der Waals surface area contributed by atoms with Gasteiger partial charge < -0.3 is 18.8 Å². The molecule has 1 rings (SSSR count). The largest absolute Gasteiger partial charge is 0.743 e. The third-order valence-electron chi connectivity index (χ3n) is 2.63. The molecule has 0 saturated heterocycles. The van der Waals surface area contributed by atoms with Crippen LogP contribution in [-0.2, 0) is 24.4 Å². The van der Waals surface area contributed by atoms with E-state index in [0.29, 0.717) is 7.14 Å². The Morgan fingerprint density at radius 1 is 1.26 bits per heavy atom. The van der Waals surface area contributed by atoms with Gasteiger partial charge in [-0.25, -0.2) is 18.0 Å². The molecule has 8 nitrogen and oxygen atoms in total. The van der Waals surface area contributed by atoms with Crippen LogP contribution in [0.3, 0.4) is 0 Å². The molecule has 0 atom stereocenters. The van der Waals surface area contributed by atoms with Gasteiger partial charge in [-0.2, -0.15) is 8.78 Å². The fraction of sp³-hybridized carbons (Fsp3) is 0.286. The smallest absolute Gasteiger partial charge is 0.367 e. The van der Waals surface area contributed by atoms with Crippen molar-refractivity contribution in [2.75, 3.05) is 13.2 Å². The minimum atomic E-state index is -5.95. The molecule has 27 heavy (non-hydrogen) atoms. The molecule has 0 amide bonds. The second-order valence-corrected chi connectivity index (χ2v) is 8.76. The second-order valence-electron chi connectivity index (χ2n) is 4.93. The van der Waals surface area contributed by atoms with Gasteiger partial charge >= 0.3 is 17.2 Å². The van der Waals surface area contributed by atoms with Crippen LogP contribution in [0, 0.1) is 7.14 Å². The van der Waals surface area contributed by atoms with Crippen molar-refractivity contribution in [3.8, 4) is 11.5 Å². The molecule has 0 radical (unpaired) electrons. The van der Waals surface area contributed by atoms with Crippen LogP contribution in [0.2, 0.25) is 0 Å². The van der Waals surface area contributed by atoms with Gasteiger partial charge in [-0.3, -0.25) is 0 Å². The van der Waals surface area contributed by atoms with Crippen LogP contribution in [0.1, 0.15) is 6.92 Å². The lowest BCUT2D eigenvalue weighted by atomic mass is 10.3. The van der Waals surface area contributed by atoms with E-state index in [9.17, 15) is 31.3 Å². The lowest BCUT2D eigenvalue weighted by molar-refractivity contribution is -0.152. The van der Waals surface area contributed by atoms with E-state index in [1.807, 2.05) is 45.2 Å². The summed E-state index contributed by atoms with van der Waals surface area (Å²) in [6.45, 7) is 2.20. The van der Waals surface area contributed by atoms with Crippen LogP contribution in [0.25, 0.3) is 0 Å². The molecule has 150 valence electrons. The first-order chi connectivity index (χ1) is 12.2. The number of carbonyl (C=O) groups is 2. The maximum atomic E-state index is 12.9. The normalized spacial score (nSPS) is 11.6. The zero-order chi connectivity index (χ0) is 21.0. The lowest BCUT2D eigenvalue weighted by Gasteiger charge is -2.19. The van der Waals surface area contributed by atoms with Crippen LogP contribution in [0.15, 0.2) is 24.3 Å². The van der Waals surface area contributed by atoms with Crippen molar-refractivity contribution in [1.82, 2.24) is 0 Å². The van der Waals surface area contributed by atoms with Gasteiger partial charge in [-0.15, -0.1) is 0 Å². The van der Waals surface area contributed by atoms with Gasteiger partial charge in [0.05, 0.1) is 7.14 Å². The highest BCUT2D eigenvalue weighted by atomic mass is 127. The monoisotopic (exact) mass is 631 g/mol. The fourth-order valence-corrected chi connectivity index (χ4v) is 3.56. The minimum absolute atomic E-state index is 0.187. The summed E-state index contributed by atoms with van der Waals surface area (Å²) >= 11 is 3.66. The average Bonchev–Trinajstić information content (AvgIpc) is 2.50. The van der Waals surface area contributed by atoms with Crippen LogP contribution in [0.4, 0.5) is 8.78 Å². The molecule has 0 bridgehead atoms. The highest BCUT2D eigenvalue weighted by Gasteiger charge is 2.39. The van der Waals surface area contributed by atoms with Crippen molar-refractivity contribution in [2.24, 2.45) is 0 Å². The van der Waals surface area contributed by atoms with Crippen LogP contribution < -0.4 is 9.47 Å². The van der Waals surface area contributed by atoms with Crippen LogP contribution >= 0.6 is 45.2 Å². The number of alkyl halides is 2. The minimum Gasteiger partial charge on any atom is -0.743 e. The summed E-state index contributed by atoms with van der Waals surface area (Å²) in [5.41, 5.74) is 0.194. The van der Waals surface area contributed by atoms with E-state index < -0.39 is 40.5 Å². The Morgan fingerprint density at radius 2 is 1.78 bits per heavy atom. The highest BCUT2D eigenvalue weighted by molar-refractivity contribution is 14.1. The van der Waals surface area contributed by atoms with Crippen molar-refractivity contribution < 1.29 is 45.6 Å². The summed E-state index contributed by atoms with van der Waals surface area (Å²) in [5.74, 6) is -1.55. The summed E-state index contributed by atoms with van der Waals surface area (Å²) in [7, 11) is -5.95. The van der Waals surface area contributed by atoms with Gasteiger partial charge in [0.1, 0.15) is 11.5 Å².